The Hall–Kier alpha value is -1.92. The number of nitrogens with zero attached hydrogens (tertiary/aromatic N) is 3. The lowest BCUT2D eigenvalue weighted by atomic mass is 9.97. The third-order valence-corrected chi connectivity index (χ3v) is 5.71. The Balaban J connectivity index is 1.44. The Morgan fingerprint density at radius 1 is 0.963 bits per heavy atom. The number of carboxylic acids is 1. The summed E-state index contributed by atoms with van der Waals surface area (Å²) in [6.45, 7) is 5.97. The fourth-order valence-corrected chi connectivity index (χ4v) is 4.15. The van der Waals surface area contributed by atoms with Crippen LogP contribution >= 0.6 is 0 Å². The monoisotopic (exact) mass is 373 g/mol. The molecule has 0 bridgehead atoms. The normalized spacial score (nSPS) is 21.9. The molecule has 0 aliphatic carbocycles. The van der Waals surface area contributed by atoms with E-state index in [9.17, 15) is 9.59 Å². The number of carboxylic acid groups (broad SMARTS) is 1. The smallest absolute Gasteiger partial charge is 0.303 e. The maximum atomic E-state index is 12.8. The summed E-state index contributed by atoms with van der Waals surface area (Å²) in [5.41, 5.74) is 1.33. The van der Waals surface area contributed by atoms with Crippen molar-refractivity contribution in [3.05, 3.63) is 35.9 Å². The van der Waals surface area contributed by atoms with Gasteiger partial charge in [-0.2, -0.15) is 0 Å². The fraction of sp³-hybridized carbons (Fsp3) is 0.619. The molecule has 148 valence electrons. The lowest BCUT2D eigenvalue weighted by molar-refractivity contribution is -0.140. The van der Waals surface area contributed by atoms with Crippen LogP contribution in [0.5, 0.6) is 0 Å². The number of aliphatic carboxylic acids is 1. The van der Waals surface area contributed by atoms with Crippen molar-refractivity contribution in [3.63, 3.8) is 0 Å². The number of amides is 1. The predicted octanol–water partition coefficient (Wildman–Crippen LogP) is 2.05. The highest BCUT2D eigenvalue weighted by atomic mass is 16.4. The van der Waals surface area contributed by atoms with Crippen molar-refractivity contribution in [2.75, 3.05) is 39.3 Å². The molecular weight excluding hydrogens is 342 g/mol. The first-order valence-corrected chi connectivity index (χ1v) is 10.1. The van der Waals surface area contributed by atoms with E-state index in [1.807, 2.05) is 11.0 Å². The zero-order valence-electron chi connectivity index (χ0n) is 16.1. The molecule has 1 aromatic rings. The van der Waals surface area contributed by atoms with E-state index in [0.717, 1.165) is 58.5 Å². The highest BCUT2D eigenvalue weighted by Gasteiger charge is 2.28. The van der Waals surface area contributed by atoms with Crippen LogP contribution < -0.4 is 0 Å². The van der Waals surface area contributed by atoms with Crippen LogP contribution in [0.25, 0.3) is 0 Å². The number of piperazine rings is 1. The second-order valence-corrected chi connectivity index (χ2v) is 7.71. The largest absolute Gasteiger partial charge is 0.481 e. The van der Waals surface area contributed by atoms with E-state index >= 15 is 0 Å². The predicted molar refractivity (Wildman–Crippen MR) is 104 cm³/mol. The maximum absolute atomic E-state index is 12.8. The first kappa shape index (κ1) is 19.8. The minimum Gasteiger partial charge on any atom is -0.481 e. The van der Waals surface area contributed by atoms with Gasteiger partial charge in [-0.15, -0.1) is 0 Å². The van der Waals surface area contributed by atoms with Crippen LogP contribution in [0.4, 0.5) is 0 Å². The van der Waals surface area contributed by atoms with Crippen LogP contribution in [0.1, 0.15) is 37.7 Å². The summed E-state index contributed by atoms with van der Waals surface area (Å²) in [6, 6.07) is 10.6. The summed E-state index contributed by atoms with van der Waals surface area (Å²) in [7, 11) is 0. The number of carbonyl (C=O) groups is 2. The van der Waals surface area contributed by atoms with Crippen molar-refractivity contribution < 1.29 is 14.7 Å². The number of hydrogen-bond acceptors (Lipinski definition) is 4. The van der Waals surface area contributed by atoms with E-state index in [1.54, 1.807) is 0 Å². The van der Waals surface area contributed by atoms with Crippen LogP contribution in [0.15, 0.2) is 30.3 Å². The number of benzene rings is 1. The van der Waals surface area contributed by atoms with Crippen LogP contribution in [0, 0.1) is 0 Å². The van der Waals surface area contributed by atoms with Gasteiger partial charge in [-0.25, -0.2) is 0 Å². The Morgan fingerprint density at radius 2 is 1.67 bits per heavy atom. The molecule has 2 aliphatic rings. The van der Waals surface area contributed by atoms with E-state index in [4.69, 9.17) is 5.11 Å². The molecule has 2 aliphatic heterocycles. The van der Waals surface area contributed by atoms with Crippen molar-refractivity contribution in [1.82, 2.24) is 14.7 Å². The van der Waals surface area contributed by atoms with Crippen LogP contribution in [-0.4, -0.2) is 77.0 Å². The first-order valence-electron chi connectivity index (χ1n) is 10.1. The van der Waals surface area contributed by atoms with Gasteiger partial charge in [-0.1, -0.05) is 30.3 Å². The van der Waals surface area contributed by atoms with Gasteiger partial charge in [-0.05, 0) is 31.2 Å². The summed E-state index contributed by atoms with van der Waals surface area (Å²) in [4.78, 5) is 30.3. The van der Waals surface area contributed by atoms with Crippen molar-refractivity contribution >= 4 is 11.9 Å². The third kappa shape index (κ3) is 6.04. The lowest BCUT2D eigenvalue weighted by Gasteiger charge is -2.39. The first-order chi connectivity index (χ1) is 13.1. The molecule has 1 aromatic carbocycles. The van der Waals surface area contributed by atoms with Gasteiger partial charge in [0.2, 0.25) is 5.91 Å². The minimum absolute atomic E-state index is 0.0988. The summed E-state index contributed by atoms with van der Waals surface area (Å²) in [5.74, 6) is -0.607. The average Bonchev–Trinajstić information content (AvgIpc) is 2.69. The highest BCUT2D eigenvalue weighted by Crippen LogP contribution is 2.21. The molecule has 27 heavy (non-hydrogen) atoms. The summed E-state index contributed by atoms with van der Waals surface area (Å²) in [6.07, 6.45) is 3.77. The molecule has 1 atom stereocenters. The summed E-state index contributed by atoms with van der Waals surface area (Å²) >= 11 is 0. The van der Waals surface area contributed by atoms with Gasteiger partial charge in [-0.3, -0.25) is 19.4 Å². The molecular formula is C21H31N3O3. The van der Waals surface area contributed by atoms with E-state index in [0.29, 0.717) is 13.0 Å². The summed E-state index contributed by atoms with van der Waals surface area (Å²) < 4.78 is 0. The van der Waals surface area contributed by atoms with Gasteiger partial charge in [0.1, 0.15) is 0 Å². The fourth-order valence-electron chi connectivity index (χ4n) is 4.15. The van der Waals surface area contributed by atoms with Gasteiger partial charge in [0.05, 0.1) is 6.54 Å². The second-order valence-electron chi connectivity index (χ2n) is 7.71. The van der Waals surface area contributed by atoms with Gasteiger partial charge in [0.25, 0.3) is 0 Å². The number of likely N-dealkylation sites (tertiary alicyclic amines) is 1. The molecule has 0 aromatic heterocycles. The van der Waals surface area contributed by atoms with Crippen LogP contribution in [0.2, 0.25) is 0 Å². The van der Waals surface area contributed by atoms with E-state index in [1.165, 1.54) is 5.56 Å². The van der Waals surface area contributed by atoms with Crippen molar-refractivity contribution in [2.24, 2.45) is 0 Å². The zero-order chi connectivity index (χ0) is 19.1. The molecule has 1 amide bonds. The van der Waals surface area contributed by atoms with E-state index in [-0.39, 0.29) is 18.4 Å². The van der Waals surface area contributed by atoms with E-state index in [2.05, 4.69) is 34.1 Å². The maximum Gasteiger partial charge on any atom is 0.303 e. The Morgan fingerprint density at radius 3 is 2.37 bits per heavy atom. The standard InChI is InChI=1S/C21H31N3O3/c25-20(24-11-5-4-8-19(24)9-10-21(26)27)17-23-14-12-22(13-15-23)16-18-6-2-1-3-7-18/h1-3,6-7,19H,4-5,8-17H2,(H,26,27). The van der Waals surface area contributed by atoms with E-state index < -0.39 is 5.97 Å². The quantitative estimate of drug-likeness (QED) is 0.793. The number of carbonyl (C=O) groups excluding carboxylic acids is 1. The van der Waals surface area contributed by atoms with Gasteiger partial charge in [0, 0.05) is 51.7 Å². The van der Waals surface area contributed by atoms with Gasteiger partial charge in [0.15, 0.2) is 0 Å². The third-order valence-electron chi connectivity index (χ3n) is 5.71. The molecule has 6 heteroatoms. The SMILES string of the molecule is O=C(O)CCC1CCCCN1C(=O)CN1CCN(Cc2ccccc2)CC1. The Bertz CT molecular complexity index is 614. The topological polar surface area (TPSA) is 64.1 Å². The molecule has 6 nitrogen and oxygen atoms in total. The summed E-state index contributed by atoms with van der Waals surface area (Å²) in [5, 5.41) is 8.94. The molecule has 0 radical (unpaired) electrons. The van der Waals surface area contributed by atoms with Gasteiger partial charge < -0.3 is 10.0 Å². The van der Waals surface area contributed by atoms with Crippen molar-refractivity contribution in [2.45, 2.75) is 44.7 Å². The molecule has 0 spiro atoms. The molecule has 3 rings (SSSR count). The average molecular weight is 373 g/mol. The Kier molecular flexibility index (Phi) is 7.24. The highest BCUT2D eigenvalue weighted by molar-refractivity contribution is 5.78. The molecule has 2 fully saturated rings. The van der Waals surface area contributed by atoms with Crippen molar-refractivity contribution in [3.8, 4) is 0 Å². The number of hydrogen-bond donors (Lipinski definition) is 1. The van der Waals surface area contributed by atoms with Crippen LogP contribution in [-0.2, 0) is 16.1 Å². The molecule has 2 heterocycles. The zero-order valence-corrected chi connectivity index (χ0v) is 16.1. The van der Waals surface area contributed by atoms with Crippen LogP contribution in [0.3, 0.4) is 0 Å². The molecule has 1 N–H and O–H groups in total. The number of piperidine rings is 1. The molecule has 0 saturated carbocycles. The molecule has 1 unspecified atom stereocenters. The second kappa shape index (κ2) is 9.85. The number of rotatable bonds is 7. The minimum atomic E-state index is -0.775. The molecule has 2 saturated heterocycles. The Labute approximate surface area is 161 Å². The van der Waals surface area contributed by atoms with Gasteiger partial charge >= 0.3 is 5.97 Å². The lowest BCUT2D eigenvalue weighted by Crippen LogP contribution is -2.52. The van der Waals surface area contributed by atoms with Crippen molar-refractivity contribution in [1.29, 1.82) is 0 Å².